The highest BCUT2D eigenvalue weighted by atomic mass is 16.3. The van der Waals surface area contributed by atoms with E-state index in [2.05, 4.69) is 4.98 Å². The van der Waals surface area contributed by atoms with Crippen LogP contribution < -0.4 is 10.5 Å². The molecule has 0 atom stereocenters. The molecule has 3 aromatic rings. The monoisotopic (exact) mass is 248 g/mol. The van der Waals surface area contributed by atoms with Gasteiger partial charge < -0.3 is 5.11 Å². The van der Waals surface area contributed by atoms with E-state index in [1.54, 1.807) is 48.5 Å². The van der Waals surface area contributed by atoms with Crippen LogP contribution in [-0.2, 0) is 0 Å². The maximum absolute atomic E-state index is 12.2. The van der Waals surface area contributed by atoms with Crippen LogP contribution >= 0.6 is 0 Å². The van der Waals surface area contributed by atoms with Gasteiger partial charge in [-0.3, -0.25) is 4.79 Å². The van der Waals surface area contributed by atoms with Gasteiger partial charge in [0.2, 0.25) is 5.39 Å². The van der Waals surface area contributed by atoms with Gasteiger partial charge in [-0.05, 0) is 16.2 Å². The molecule has 0 spiro atoms. The van der Waals surface area contributed by atoms with Crippen LogP contribution in [0.15, 0.2) is 53.3 Å². The summed E-state index contributed by atoms with van der Waals surface area (Å²) in [4.78, 5) is 15.1. The lowest BCUT2D eigenvalue weighted by Gasteiger charge is -2.02. The second-order valence-electron chi connectivity index (χ2n) is 4.20. The van der Waals surface area contributed by atoms with Crippen molar-refractivity contribution in [3.05, 3.63) is 63.7 Å². The van der Waals surface area contributed by atoms with Gasteiger partial charge in [0.25, 0.3) is 5.43 Å². The topological polar surface area (TPSA) is 68.3 Å². The van der Waals surface area contributed by atoms with Gasteiger partial charge in [0.1, 0.15) is 0 Å². The van der Waals surface area contributed by atoms with Gasteiger partial charge in [0, 0.05) is 11.1 Å². The van der Waals surface area contributed by atoms with Crippen LogP contribution in [0.4, 0.5) is 5.69 Å². The molecule has 0 aromatic heterocycles. The highest BCUT2D eigenvalue weighted by molar-refractivity contribution is 6.10. The molecular weight excluding hydrogens is 240 g/mol. The zero-order chi connectivity index (χ0) is 13.4. The Bertz CT molecular complexity index is 911. The summed E-state index contributed by atoms with van der Waals surface area (Å²) in [5, 5.41) is 23.3. The summed E-state index contributed by atoms with van der Waals surface area (Å²) in [5.41, 5.74) is -1.00. The van der Waals surface area contributed by atoms with Crippen molar-refractivity contribution in [3.63, 3.8) is 0 Å². The van der Waals surface area contributed by atoms with Crippen molar-refractivity contribution in [1.82, 2.24) is 0 Å². The Labute approximate surface area is 108 Å². The van der Waals surface area contributed by atoms with Crippen LogP contribution in [0.25, 0.3) is 26.5 Å². The molecule has 0 heterocycles. The van der Waals surface area contributed by atoms with E-state index in [0.29, 0.717) is 21.5 Å². The van der Waals surface area contributed by atoms with Crippen LogP contribution in [0.5, 0.6) is 5.75 Å². The molecule has 4 nitrogen and oxygen atoms in total. The first kappa shape index (κ1) is 11.2. The van der Waals surface area contributed by atoms with Crippen LogP contribution in [0.1, 0.15) is 0 Å². The molecule has 0 saturated heterocycles. The number of nitrogens with zero attached hydrogens (tertiary/aromatic N) is 2. The standard InChI is InChI=1S/C15H8N2O2/c16-17-13-14(18)11-7-3-1-5-9(11)10-6-2-4-8-12(10)15(13)19/h1-8H. The molecule has 3 rings (SSSR count). The number of diazo groups is 1. The average Bonchev–Trinajstić information content (AvgIpc) is 2.55. The Balaban J connectivity index is 2.82. The molecule has 0 amide bonds. The summed E-state index contributed by atoms with van der Waals surface area (Å²) < 4.78 is 0. The first-order chi connectivity index (χ1) is 9.24. The zero-order valence-corrected chi connectivity index (χ0v) is 9.83. The van der Waals surface area contributed by atoms with E-state index >= 15 is 0 Å². The Hall–Kier alpha value is -2.93. The second-order valence-corrected chi connectivity index (χ2v) is 4.20. The third kappa shape index (κ3) is 1.53. The van der Waals surface area contributed by atoms with Crippen LogP contribution in [0, 0.1) is 5.39 Å². The molecule has 0 saturated carbocycles. The minimum atomic E-state index is -0.556. The van der Waals surface area contributed by atoms with Crippen LogP contribution in [0.2, 0.25) is 0 Å². The van der Waals surface area contributed by atoms with E-state index in [1.807, 2.05) is 0 Å². The molecule has 19 heavy (non-hydrogen) atoms. The molecule has 0 aliphatic rings. The van der Waals surface area contributed by atoms with Crippen molar-refractivity contribution < 1.29 is 5.11 Å². The lowest BCUT2D eigenvalue weighted by molar-refractivity contribution is -0.264. The normalized spacial score (nSPS) is 10.5. The molecule has 0 unspecified atom stereocenters. The lowest BCUT2D eigenvalue weighted by Crippen LogP contribution is -2.00. The molecular formula is C15H8N2O2. The molecule has 4 heteroatoms. The summed E-state index contributed by atoms with van der Waals surface area (Å²) in [7, 11) is 0. The van der Waals surface area contributed by atoms with Crippen LogP contribution in [0.3, 0.4) is 0 Å². The van der Waals surface area contributed by atoms with E-state index in [9.17, 15) is 9.90 Å². The minimum Gasteiger partial charge on any atom is -0.867 e. The SMILES string of the molecule is N#[N+]c1c([O-])c2ccccc2c2ccccc2c1=O. The second kappa shape index (κ2) is 4.07. The van der Waals surface area contributed by atoms with Crippen LogP contribution in [-0.4, -0.2) is 0 Å². The number of benzene rings is 2. The summed E-state index contributed by atoms with van der Waals surface area (Å²) in [5.74, 6) is -0.556. The van der Waals surface area contributed by atoms with E-state index < -0.39 is 16.9 Å². The number of rotatable bonds is 0. The Morgan fingerprint density at radius 3 is 1.89 bits per heavy atom. The summed E-state index contributed by atoms with van der Waals surface area (Å²) in [6, 6.07) is 13.8. The third-order valence-corrected chi connectivity index (χ3v) is 3.16. The Kier molecular flexibility index (Phi) is 2.39. The van der Waals surface area contributed by atoms with Gasteiger partial charge in [0.15, 0.2) is 4.98 Å². The Morgan fingerprint density at radius 2 is 1.32 bits per heavy atom. The van der Waals surface area contributed by atoms with Gasteiger partial charge in [0.05, 0.1) is 0 Å². The number of hydrogen-bond donors (Lipinski definition) is 0. The molecule has 0 aliphatic heterocycles. The highest BCUT2D eigenvalue weighted by Crippen LogP contribution is 2.32. The van der Waals surface area contributed by atoms with Gasteiger partial charge in [-0.15, -0.1) is 0 Å². The molecule has 0 aliphatic carbocycles. The van der Waals surface area contributed by atoms with E-state index in [0.717, 1.165) is 0 Å². The van der Waals surface area contributed by atoms with Gasteiger partial charge in [-0.2, -0.15) is 0 Å². The van der Waals surface area contributed by atoms with E-state index in [-0.39, 0.29) is 0 Å². The smallest absolute Gasteiger partial charge is 0.425 e. The predicted molar refractivity (Wildman–Crippen MR) is 71.9 cm³/mol. The van der Waals surface area contributed by atoms with Gasteiger partial charge in [-0.25, -0.2) is 0 Å². The molecule has 3 aromatic carbocycles. The highest BCUT2D eigenvalue weighted by Gasteiger charge is 2.17. The zero-order valence-electron chi connectivity index (χ0n) is 9.83. The number of hydrogen-bond acceptors (Lipinski definition) is 3. The third-order valence-electron chi connectivity index (χ3n) is 3.16. The number of fused-ring (bicyclic) bond motifs is 3. The quantitative estimate of drug-likeness (QED) is 0.574. The predicted octanol–water partition coefficient (Wildman–Crippen LogP) is 2.91. The van der Waals surface area contributed by atoms with Crippen molar-refractivity contribution >= 4 is 27.2 Å². The Morgan fingerprint density at radius 1 is 0.842 bits per heavy atom. The largest absolute Gasteiger partial charge is 0.867 e. The lowest BCUT2D eigenvalue weighted by atomic mass is 10.1. The molecule has 0 bridgehead atoms. The maximum atomic E-state index is 12.2. The van der Waals surface area contributed by atoms with Crippen molar-refractivity contribution in [2.45, 2.75) is 0 Å². The molecule has 0 N–H and O–H groups in total. The van der Waals surface area contributed by atoms with Crippen molar-refractivity contribution in [3.8, 4) is 5.75 Å². The molecule has 0 radical (unpaired) electrons. The first-order valence-electron chi connectivity index (χ1n) is 5.74. The van der Waals surface area contributed by atoms with Gasteiger partial charge in [-0.1, -0.05) is 48.5 Å². The fourth-order valence-electron chi connectivity index (χ4n) is 2.28. The first-order valence-corrected chi connectivity index (χ1v) is 5.74. The minimum absolute atomic E-state index is 0.369. The summed E-state index contributed by atoms with van der Waals surface area (Å²) in [6.07, 6.45) is 0. The summed E-state index contributed by atoms with van der Waals surface area (Å²) >= 11 is 0. The van der Waals surface area contributed by atoms with Crippen molar-refractivity contribution in [2.24, 2.45) is 0 Å². The molecule has 0 fully saturated rings. The average molecular weight is 248 g/mol. The van der Waals surface area contributed by atoms with E-state index in [1.165, 1.54) is 0 Å². The fourth-order valence-corrected chi connectivity index (χ4v) is 2.28. The summed E-state index contributed by atoms with van der Waals surface area (Å²) in [6.45, 7) is 0. The van der Waals surface area contributed by atoms with Gasteiger partial charge >= 0.3 is 5.69 Å². The molecule has 90 valence electrons. The van der Waals surface area contributed by atoms with Crippen molar-refractivity contribution in [2.75, 3.05) is 0 Å². The maximum Gasteiger partial charge on any atom is 0.425 e. The van der Waals surface area contributed by atoms with E-state index in [4.69, 9.17) is 5.39 Å². The fraction of sp³-hybridized carbons (Fsp3) is 0. The van der Waals surface area contributed by atoms with Crippen molar-refractivity contribution in [1.29, 1.82) is 5.39 Å².